The molecule has 4 N–H and O–H groups in total. The van der Waals surface area contributed by atoms with Gasteiger partial charge in [-0.2, -0.15) is 0 Å². The van der Waals surface area contributed by atoms with E-state index in [0.717, 1.165) is 4.90 Å². The molecule has 1 fully saturated rings. The van der Waals surface area contributed by atoms with E-state index in [4.69, 9.17) is 10.8 Å². The molecule has 1 aliphatic heterocycles. The minimum Gasteiger partial charge on any atom is -0.480 e. The Hall–Kier alpha value is -1.83. The summed E-state index contributed by atoms with van der Waals surface area (Å²) in [6.45, 7) is 3.71. The van der Waals surface area contributed by atoms with Crippen LogP contribution < -0.4 is 5.73 Å². The van der Waals surface area contributed by atoms with Gasteiger partial charge in [-0.15, -0.1) is 0 Å². The van der Waals surface area contributed by atoms with Crippen molar-refractivity contribution in [2.75, 3.05) is 19.6 Å². The van der Waals surface area contributed by atoms with Gasteiger partial charge in [0.1, 0.15) is 12.6 Å². The number of primary amides is 1. The van der Waals surface area contributed by atoms with Gasteiger partial charge >= 0.3 is 12.0 Å². The molecule has 0 aliphatic carbocycles. The predicted molar refractivity (Wildman–Crippen MR) is 69.8 cm³/mol. The van der Waals surface area contributed by atoms with Gasteiger partial charge in [-0.25, -0.2) is 9.59 Å². The number of carboxylic acids is 1. The molecule has 2 atom stereocenters. The lowest BCUT2D eigenvalue weighted by Gasteiger charge is -2.30. The fourth-order valence-corrected chi connectivity index (χ4v) is 2.28. The second-order valence-electron chi connectivity index (χ2n) is 5.42. The van der Waals surface area contributed by atoms with Crippen LogP contribution in [0.25, 0.3) is 0 Å². The van der Waals surface area contributed by atoms with Crippen molar-refractivity contribution in [1.29, 1.82) is 0 Å². The first-order valence-corrected chi connectivity index (χ1v) is 6.47. The van der Waals surface area contributed by atoms with Crippen molar-refractivity contribution in [2.24, 2.45) is 11.7 Å². The first-order chi connectivity index (χ1) is 9.22. The maximum atomic E-state index is 12.3. The Bertz CT molecular complexity index is 399. The highest BCUT2D eigenvalue weighted by molar-refractivity contribution is 5.86. The summed E-state index contributed by atoms with van der Waals surface area (Å²) in [5.41, 5.74) is 5.11. The minimum absolute atomic E-state index is 0.00678. The first-order valence-electron chi connectivity index (χ1n) is 6.47. The number of nitrogens with two attached hydrogens (primary N) is 1. The molecule has 8 heteroatoms. The highest BCUT2D eigenvalue weighted by Crippen LogP contribution is 2.20. The Morgan fingerprint density at radius 3 is 2.45 bits per heavy atom. The minimum atomic E-state index is -1.17. The number of β-amino-alcohol motifs (C(OH)–C–C–N with tert-alkyl or cyclic N) is 1. The Morgan fingerprint density at radius 2 is 2.00 bits per heavy atom. The lowest BCUT2D eigenvalue weighted by molar-refractivity contribution is -0.141. The molecule has 0 bridgehead atoms. The highest BCUT2D eigenvalue weighted by atomic mass is 16.4. The van der Waals surface area contributed by atoms with Crippen LogP contribution in [0.3, 0.4) is 0 Å². The Morgan fingerprint density at radius 1 is 1.40 bits per heavy atom. The summed E-state index contributed by atoms with van der Waals surface area (Å²) in [5.74, 6) is -1.72. The maximum Gasteiger partial charge on any atom is 0.326 e. The number of hydrogen-bond acceptors (Lipinski definition) is 4. The van der Waals surface area contributed by atoms with Gasteiger partial charge in [0.15, 0.2) is 0 Å². The molecular formula is C12H21N3O5. The molecule has 0 aromatic rings. The van der Waals surface area contributed by atoms with E-state index >= 15 is 0 Å². The molecule has 0 unspecified atom stereocenters. The number of carbonyl (C=O) groups excluding carboxylic acids is 2. The van der Waals surface area contributed by atoms with Crippen molar-refractivity contribution >= 4 is 17.9 Å². The predicted octanol–water partition coefficient (Wildman–Crippen LogP) is -0.930. The van der Waals surface area contributed by atoms with E-state index in [-0.39, 0.29) is 25.4 Å². The highest BCUT2D eigenvalue weighted by Gasteiger charge is 2.40. The smallest absolute Gasteiger partial charge is 0.326 e. The molecule has 1 saturated heterocycles. The molecule has 1 aliphatic rings. The summed E-state index contributed by atoms with van der Waals surface area (Å²) in [7, 11) is 0. The normalized spacial score (nSPS) is 22.1. The fourth-order valence-electron chi connectivity index (χ4n) is 2.28. The zero-order chi connectivity index (χ0) is 15.4. The van der Waals surface area contributed by atoms with E-state index in [0.29, 0.717) is 6.54 Å². The van der Waals surface area contributed by atoms with Gasteiger partial charge < -0.3 is 25.7 Å². The molecule has 8 nitrogen and oxygen atoms in total. The zero-order valence-corrected chi connectivity index (χ0v) is 11.7. The summed E-state index contributed by atoms with van der Waals surface area (Å²) in [5, 5.41) is 18.6. The third-order valence-electron chi connectivity index (χ3n) is 3.01. The Balaban J connectivity index is 2.86. The lowest BCUT2D eigenvalue weighted by Crippen LogP contribution is -2.51. The molecule has 114 valence electrons. The van der Waals surface area contributed by atoms with Gasteiger partial charge in [-0.1, -0.05) is 13.8 Å². The van der Waals surface area contributed by atoms with Gasteiger partial charge in [0.2, 0.25) is 5.91 Å². The number of carboxylic acid groups (broad SMARTS) is 1. The van der Waals surface area contributed by atoms with E-state index in [2.05, 4.69) is 0 Å². The third kappa shape index (κ3) is 4.09. The van der Waals surface area contributed by atoms with Crippen molar-refractivity contribution in [2.45, 2.75) is 32.4 Å². The SMILES string of the molecule is CC(C)CN(CC(N)=O)C(=O)N1C[C@H](O)C[C@@H]1C(=O)O. The van der Waals surface area contributed by atoms with Gasteiger partial charge in [-0.05, 0) is 5.92 Å². The summed E-state index contributed by atoms with van der Waals surface area (Å²) in [6.07, 6.45) is -0.873. The third-order valence-corrected chi connectivity index (χ3v) is 3.01. The summed E-state index contributed by atoms with van der Waals surface area (Å²) in [4.78, 5) is 36.8. The van der Waals surface area contributed by atoms with Crippen molar-refractivity contribution in [3.8, 4) is 0 Å². The van der Waals surface area contributed by atoms with Crippen molar-refractivity contribution < 1.29 is 24.6 Å². The van der Waals surface area contributed by atoms with E-state index in [9.17, 15) is 19.5 Å². The van der Waals surface area contributed by atoms with E-state index < -0.39 is 30.1 Å². The first kappa shape index (κ1) is 16.2. The standard InChI is InChI=1S/C12H21N3O5/c1-7(2)4-14(6-10(13)17)12(20)15-5-8(16)3-9(15)11(18)19/h7-9,16H,3-6H2,1-2H3,(H2,13,17)(H,18,19)/t8-,9-/m1/s1. The van der Waals surface area contributed by atoms with Crippen LogP contribution in [0.4, 0.5) is 4.79 Å². The van der Waals surface area contributed by atoms with Crippen LogP contribution in [-0.4, -0.2) is 69.7 Å². The van der Waals surface area contributed by atoms with Gasteiger partial charge in [0.25, 0.3) is 0 Å². The number of carbonyl (C=O) groups is 3. The molecule has 0 radical (unpaired) electrons. The summed E-state index contributed by atoms with van der Waals surface area (Å²) < 4.78 is 0. The number of rotatable bonds is 5. The molecule has 0 spiro atoms. The number of amides is 3. The maximum absolute atomic E-state index is 12.3. The Labute approximate surface area is 117 Å². The molecule has 1 heterocycles. The van der Waals surface area contributed by atoms with Crippen molar-refractivity contribution in [3.05, 3.63) is 0 Å². The summed E-state index contributed by atoms with van der Waals surface area (Å²) >= 11 is 0. The molecule has 0 aromatic heterocycles. The van der Waals surface area contributed by atoms with Gasteiger partial charge in [0, 0.05) is 19.5 Å². The van der Waals surface area contributed by atoms with Crippen LogP contribution in [-0.2, 0) is 9.59 Å². The second-order valence-corrected chi connectivity index (χ2v) is 5.42. The number of nitrogens with zero attached hydrogens (tertiary/aromatic N) is 2. The Kier molecular flexibility index (Phi) is 5.32. The number of urea groups is 1. The molecule has 3 amide bonds. The van der Waals surface area contributed by atoms with E-state index in [1.165, 1.54) is 4.90 Å². The molecule has 20 heavy (non-hydrogen) atoms. The van der Waals surface area contributed by atoms with Crippen LogP contribution in [0.1, 0.15) is 20.3 Å². The second kappa shape index (κ2) is 6.56. The fraction of sp³-hybridized carbons (Fsp3) is 0.750. The van der Waals surface area contributed by atoms with Crippen molar-refractivity contribution in [3.63, 3.8) is 0 Å². The average Bonchev–Trinajstić information content (AvgIpc) is 2.68. The van der Waals surface area contributed by atoms with Crippen LogP contribution in [0.5, 0.6) is 0 Å². The summed E-state index contributed by atoms with van der Waals surface area (Å²) in [6, 6.07) is -1.65. The van der Waals surface area contributed by atoms with Gasteiger partial charge in [-0.3, -0.25) is 4.79 Å². The number of aliphatic hydroxyl groups is 1. The number of aliphatic carboxylic acids is 1. The van der Waals surface area contributed by atoms with Gasteiger partial charge in [0.05, 0.1) is 6.10 Å². The molecule has 0 aromatic carbocycles. The number of hydrogen-bond donors (Lipinski definition) is 3. The lowest BCUT2D eigenvalue weighted by atomic mass is 10.2. The number of aliphatic hydroxyl groups excluding tert-OH is 1. The number of likely N-dealkylation sites (tertiary alicyclic amines) is 1. The quantitative estimate of drug-likeness (QED) is 0.602. The average molecular weight is 287 g/mol. The van der Waals surface area contributed by atoms with Crippen LogP contribution in [0.2, 0.25) is 0 Å². The van der Waals surface area contributed by atoms with Crippen LogP contribution >= 0.6 is 0 Å². The monoisotopic (exact) mass is 287 g/mol. The van der Waals surface area contributed by atoms with E-state index in [1.807, 2.05) is 13.8 Å². The largest absolute Gasteiger partial charge is 0.480 e. The molecule has 1 rings (SSSR count). The van der Waals surface area contributed by atoms with Crippen molar-refractivity contribution in [1.82, 2.24) is 9.80 Å². The molecular weight excluding hydrogens is 266 g/mol. The molecule has 0 saturated carbocycles. The van der Waals surface area contributed by atoms with Crippen LogP contribution in [0, 0.1) is 5.92 Å². The zero-order valence-electron chi connectivity index (χ0n) is 11.7. The topological polar surface area (TPSA) is 124 Å². The van der Waals surface area contributed by atoms with Crippen LogP contribution in [0.15, 0.2) is 0 Å². The van der Waals surface area contributed by atoms with E-state index in [1.54, 1.807) is 0 Å².